The smallest absolute Gasteiger partial charge is 0.323 e. The molecule has 6 nitrogen and oxygen atoms in total. The minimum absolute atomic E-state index is 0.115. The van der Waals surface area contributed by atoms with E-state index >= 15 is 0 Å². The number of benzene rings is 3. The van der Waals surface area contributed by atoms with Gasteiger partial charge in [-0.2, -0.15) is 10.5 Å². The Hall–Kier alpha value is -4.42. The van der Waals surface area contributed by atoms with Gasteiger partial charge >= 0.3 is 5.97 Å². The number of nitrogens with zero attached hydrogens (tertiary/aromatic N) is 3. The summed E-state index contributed by atoms with van der Waals surface area (Å²) in [5.41, 5.74) is 2.54. The van der Waals surface area contributed by atoms with E-state index in [1.165, 1.54) is 7.11 Å². The fourth-order valence-corrected chi connectivity index (χ4v) is 4.96. The molecule has 2 aliphatic heterocycles. The van der Waals surface area contributed by atoms with Gasteiger partial charge in [0.05, 0.1) is 36.4 Å². The maximum absolute atomic E-state index is 13.4. The Kier molecular flexibility index (Phi) is 4.32. The van der Waals surface area contributed by atoms with E-state index in [0.29, 0.717) is 22.3 Å². The van der Waals surface area contributed by atoms with Crippen LogP contribution in [-0.4, -0.2) is 30.9 Å². The largest absolute Gasteiger partial charge is 0.468 e. The van der Waals surface area contributed by atoms with Crippen LogP contribution in [0.5, 0.6) is 0 Å². The predicted molar refractivity (Wildman–Crippen MR) is 116 cm³/mol. The quantitative estimate of drug-likeness (QED) is 0.366. The highest BCUT2D eigenvalue weighted by Crippen LogP contribution is 2.60. The number of nitriles is 2. The van der Waals surface area contributed by atoms with Crippen LogP contribution in [0.4, 0.5) is 5.69 Å². The maximum Gasteiger partial charge on any atom is 0.323 e. The lowest BCUT2D eigenvalue weighted by Crippen LogP contribution is -2.44. The van der Waals surface area contributed by atoms with Gasteiger partial charge in [0, 0.05) is 11.3 Å². The zero-order chi connectivity index (χ0) is 22.5. The second kappa shape index (κ2) is 7.08. The van der Waals surface area contributed by atoms with E-state index in [-0.39, 0.29) is 5.78 Å². The van der Waals surface area contributed by atoms with Gasteiger partial charge < -0.3 is 9.64 Å². The lowest BCUT2D eigenvalue weighted by atomic mass is 9.70. The minimum atomic E-state index is -1.19. The first-order valence-corrected chi connectivity index (χ1v) is 10.1. The number of hydrogen-bond acceptors (Lipinski definition) is 6. The summed E-state index contributed by atoms with van der Waals surface area (Å²) in [6, 6.07) is 24.1. The average Bonchev–Trinajstić information content (AvgIpc) is 3.52. The summed E-state index contributed by atoms with van der Waals surface area (Å²) in [6.45, 7) is 0. The molecule has 3 atom stereocenters. The number of Topliss-reactive ketones (excluding diaryl/α,β-unsaturated/α-hetero) is 1. The first-order chi connectivity index (χ1) is 15.6. The van der Waals surface area contributed by atoms with E-state index in [2.05, 4.69) is 12.1 Å². The molecule has 0 saturated carbocycles. The number of fused-ring (bicyclic) bond motifs is 3. The third-order valence-corrected chi connectivity index (χ3v) is 6.40. The van der Waals surface area contributed by atoms with Crippen LogP contribution >= 0.6 is 0 Å². The van der Waals surface area contributed by atoms with Crippen molar-refractivity contribution in [3.05, 3.63) is 101 Å². The SMILES string of the molecule is COC(=O)C1(c2ccc(C#N)cc2)c2ccccc2N2C(C(=O)c3ccc(C#N)cc3)C21. The van der Waals surface area contributed by atoms with Crippen LogP contribution in [0.25, 0.3) is 0 Å². The van der Waals surface area contributed by atoms with Crippen molar-refractivity contribution in [2.75, 3.05) is 12.0 Å². The van der Waals surface area contributed by atoms with Crippen LogP contribution in [-0.2, 0) is 14.9 Å². The molecule has 3 aromatic rings. The Morgan fingerprint density at radius 1 is 0.906 bits per heavy atom. The monoisotopic (exact) mass is 419 g/mol. The number of ketones is 1. The van der Waals surface area contributed by atoms with Crippen LogP contribution in [0.2, 0.25) is 0 Å². The van der Waals surface area contributed by atoms with Gasteiger partial charge in [0.25, 0.3) is 0 Å². The molecule has 3 unspecified atom stereocenters. The fourth-order valence-electron chi connectivity index (χ4n) is 4.96. The molecule has 2 heterocycles. The lowest BCUT2D eigenvalue weighted by molar-refractivity contribution is -0.145. The number of esters is 1. The van der Waals surface area contributed by atoms with E-state index in [4.69, 9.17) is 10.00 Å². The number of hydrogen-bond donors (Lipinski definition) is 0. The second-order valence-corrected chi connectivity index (χ2v) is 7.86. The molecule has 0 amide bonds. The normalized spacial score (nSPS) is 22.2. The fraction of sp³-hybridized carbons (Fsp3) is 0.154. The molecule has 3 aromatic carbocycles. The van der Waals surface area contributed by atoms with Gasteiger partial charge in [0.15, 0.2) is 5.78 Å². The van der Waals surface area contributed by atoms with Crippen molar-refractivity contribution in [1.29, 1.82) is 10.5 Å². The summed E-state index contributed by atoms with van der Waals surface area (Å²) in [4.78, 5) is 28.8. The molecule has 1 fully saturated rings. The summed E-state index contributed by atoms with van der Waals surface area (Å²) in [5.74, 6) is -0.562. The first-order valence-electron chi connectivity index (χ1n) is 10.1. The minimum Gasteiger partial charge on any atom is -0.468 e. The molecule has 2 aliphatic rings. The Labute approximate surface area is 184 Å². The number of carbonyl (C=O) groups excluding carboxylic acids is 2. The summed E-state index contributed by atoms with van der Waals surface area (Å²) in [7, 11) is 1.35. The summed E-state index contributed by atoms with van der Waals surface area (Å²) in [6.07, 6.45) is 0. The van der Waals surface area contributed by atoms with Crippen molar-refractivity contribution in [2.45, 2.75) is 17.5 Å². The number of carbonyl (C=O) groups is 2. The summed E-state index contributed by atoms with van der Waals surface area (Å²) in [5, 5.41) is 18.2. The van der Waals surface area contributed by atoms with Crippen molar-refractivity contribution in [1.82, 2.24) is 0 Å². The highest BCUT2D eigenvalue weighted by atomic mass is 16.5. The summed E-state index contributed by atoms with van der Waals surface area (Å²) < 4.78 is 5.29. The third-order valence-electron chi connectivity index (χ3n) is 6.40. The number of ether oxygens (including phenoxy) is 1. The zero-order valence-corrected chi connectivity index (χ0v) is 17.1. The Balaban J connectivity index is 1.66. The molecule has 0 bridgehead atoms. The summed E-state index contributed by atoms with van der Waals surface area (Å²) >= 11 is 0. The van der Waals surface area contributed by atoms with Gasteiger partial charge in [-0.05, 0) is 41.5 Å². The number of anilines is 1. The van der Waals surface area contributed by atoms with Crippen molar-refractivity contribution >= 4 is 17.4 Å². The van der Waals surface area contributed by atoms with Gasteiger partial charge in [0.2, 0.25) is 0 Å². The van der Waals surface area contributed by atoms with Gasteiger partial charge in [-0.3, -0.25) is 9.59 Å². The van der Waals surface area contributed by atoms with Crippen molar-refractivity contribution in [3.8, 4) is 12.1 Å². The van der Waals surface area contributed by atoms with Crippen molar-refractivity contribution in [2.24, 2.45) is 0 Å². The van der Waals surface area contributed by atoms with E-state index in [0.717, 1.165) is 11.3 Å². The molecule has 0 spiro atoms. The molecule has 154 valence electrons. The van der Waals surface area contributed by atoms with E-state index in [1.807, 2.05) is 29.2 Å². The highest BCUT2D eigenvalue weighted by molar-refractivity contribution is 6.11. The molecule has 5 rings (SSSR count). The van der Waals surface area contributed by atoms with Crippen LogP contribution in [0.15, 0.2) is 72.8 Å². The van der Waals surface area contributed by atoms with Gasteiger partial charge in [-0.15, -0.1) is 0 Å². The zero-order valence-electron chi connectivity index (χ0n) is 17.1. The molecule has 0 aliphatic carbocycles. The van der Waals surface area contributed by atoms with Crippen LogP contribution in [0, 0.1) is 22.7 Å². The van der Waals surface area contributed by atoms with Crippen molar-refractivity contribution in [3.63, 3.8) is 0 Å². The molecule has 1 saturated heterocycles. The van der Waals surface area contributed by atoms with E-state index in [1.54, 1.807) is 48.5 Å². The molecule has 0 aromatic heterocycles. The van der Waals surface area contributed by atoms with Crippen LogP contribution < -0.4 is 4.90 Å². The predicted octanol–water partition coefficient (Wildman–Crippen LogP) is 3.34. The molecular formula is C26H17N3O3. The standard InChI is InChI=1S/C26H17N3O3/c1-32-25(31)26(19-12-8-17(15-28)9-13-19)20-4-2-3-5-21(20)29-22(24(26)29)23(30)18-10-6-16(14-27)7-11-18/h2-13,22,24H,1H3. The topological polar surface area (TPSA) is 94.0 Å². The Bertz CT molecular complexity index is 1330. The van der Waals surface area contributed by atoms with Crippen molar-refractivity contribution < 1.29 is 14.3 Å². The van der Waals surface area contributed by atoms with Gasteiger partial charge in [0.1, 0.15) is 11.5 Å². The number of para-hydroxylation sites is 1. The van der Waals surface area contributed by atoms with E-state index in [9.17, 15) is 14.9 Å². The number of methoxy groups -OCH3 is 1. The highest BCUT2D eigenvalue weighted by Gasteiger charge is 2.73. The number of rotatable bonds is 4. The first kappa shape index (κ1) is 19.5. The lowest BCUT2D eigenvalue weighted by Gasteiger charge is -2.29. The molecular weight excluding hydrogens is 402 g/mol. The molecule has 0 N–H and O–H groups in total. The van der Waals surface area contributed by atoms with Gasteiger partial charge in [-0.25, -0.2) is 0 Å². The molecule has 32 heavy (non-hydrogen) atoms. The molecule has 0 radical (unpaired) electrons. The van der Waals surface area contributed by atoms with Gasteiger partial charge in [-0.1, -0.05) is 42.5 Å². The third kappa shape index (κ3) is 2.50. The molecule has 6 heteroatoms. The van der Waals surface area contributed by atoms with Crippen LogP contribution in [0.1, 0.15) is 32.6 Å². The maximum atomic E-state index is 13.4. The van der Waals surface area contributed by atoms with E-state index < -0.39 is 23.5 Å². The van der Waals surface area contributed by atoms with Crippen LogP contribution in [0.3, 0.4) is 0 Å². The Morgan fingerprint density at radius 2 is 1.50 bits per heavy atom. The Morgan fingerprint density at radius 3 is 2.09 bits per heavy atom. The average molecular weight is 419 g/mol. The second-order valence-electron chi connectivity index (χ2n) is 7.86.